The Morgan fingerprint density at radius 1 is 1.11 bits per heavy atom. The predicted octanol–water partition coefficient (Wildman–Crippen LogP) is 4.18. The zero-order valence-electron chi connectivity index (χ0n) is 9.82. The highest BCUT2D eigenvalue weighted by Crippen LogP contribution is 2.26. The molecule has 2 N–H and O–H groups in total. The number of nitrogens with zero attached hydrogens (tertiary/aromatic N) is 1. The molecule has 0 saturated carbocycles. The van der Waals surface area contributed by atoms with E-state index in [1.165, 1.54) is 0 Å². The molecular weight excluding hydrogens is 283 g/mol. The number of anilines is 1. The third-order valence-electron chi connectivity index (χ3n) is 2.59. The van der Waals surface area contributed by atoms with E-state index in [1.807, 2.05) is 6.07 Å². The quantitative estimate of drug-likeness (QED) is 0.892. The van der Waals surface area contributed by atoms with Crippen molar-refractivity contribution in [1.29, 1.82) is 5.26 Å². The summed E-state index contributed by atoms with van der Waals surface area (Å²) in [5, 5.41) is 22.0. The van der Waals surface area contributed by atoms with Gasteiger partial charge in [0.1, 0.15) is 5.75 Å². The maximum atomic E-state index is 9.33. The summed E-state index contributed by atoms with van der Waals surface area (Å²) < 4.78 is 0. The van der Waals surface area contributed by atoms with Crippen molar-refractivity contribution >= 4 is 28.9 Å². The van der Waals surface area contributed by atoms with Crippen molar-refractivity contribution in [2.24, 2.45) is 0 Å². The van der Waals surface area contributed by atoms with Gasteiger partial charge >= 0.3 is 0 Å². The van der Waals surface area contributed by atoms with Gasteiger partial charge in [-0.25, -0.2) is 0 Å². The van der Waals surface area contributed by atoms with Gasteiger partial charge in [0.15, 0.2) is 0 Å². The Kier molecular flexibility index (Phi) is 4.16. The van der Waals surface area contributed by atoms with E-state index in [2.05, 4.69) is 5.32 Å². The molecule has 0 saturated heterocycles. The second-order valence-electron chi connectivity index (χ2n) is 3.95. The molecule has 2 aromatic carbocycles. The van der Waals surface area contributed by atoms with Gasteiger partial charge in [0.25, 0.3) is 0 Å². The molecule has 0 aliphatic heterocycles. The summed E-state index contributed by atoms with van der Waals surface area (Å²) in [5.74, 6) is 0.0572. The van der Waals surface area contributed by atoms with Gasteiger partial charge in [0.2, 0.25) is 0 Å². The number of phenols is 1. The van der Waals surface area contributed by atoms with Crippen molar-refractivity contribution in [3.63, 3.8) is 0 Å². The lowest BCUT2D eigenvalue weighted by molar-refractivity contribution is 0.475. The number of halogens is 2. The molecule has 0 spiro atoms. The Morgan fingerprint density at radius 3 is 2.53 bits per heavy atom. The molecular formula is C14H10Cl2N2O. The summed E-state index contributed by atoms with van der Waals surface area (Å²) >= 11 is 11.9. The number of hydrogen-bond acceptors (Lipinski definition) is 3. The Hall–Kier alpha value is -1.89. The van der Waals surface area contributed by atoms with Gasteiger partial charge in [-0.2, -0.15) is 5.26 Å². The largest absolute Gasteiger partial charge is 0.506 e. The Labute approximate surface area is 121 Å². The minimum Gasteiger partial charge on any atom is -0.506 e. The van der Waals surface area contributed by atoms with Crippen LogP contribution >= 0.6 is 23.2 Å². The van der Waals surface area contributed by atoms with Crippen LogP contribution in [0.25, 0.3) is 0 Å². The van der Waals surface area contributed by atoms with E-state index in [1.54, 1.807) is 36.4 Å². The third kappa shape index (κ3) is 3.31. The lowest BCUT2D eigenvalue weighted by atomic mass is 10.2. The van der Waals surface area contributed by atoms with Gasteiger partial charge in [-0.1, -0.05) is 29.3 Å². The van der Waals surface area contributed by atoms with Crippen LogP contribution < -0.4 is 5.32 Å². The lowest BCUT2D eigenvalue weighted by Crippen LogP contribution is -2.00. The number of nitrogens with one attached hydrogen (secondary N) is 1. The molecule has 0 fully saturated rings. The van der Waals surface area contributed by atoms with Gasteiger partial charge in [-0.15, -0.1) is 0 Å². The highest BCUT2D eigenvalue weighted by molar-refractivity contribution is 6.33. The van der Waals surface area contributed by atoms with Crippen LogP contribution in [0.15, 0.2) is 36.4 Å². The first-order valence-electron chi connectivity index (χ1n) is 5.51. The molecule has 2 aromatic rings. The molecule has 0 bridgehead atoms. The van der Waals surface area contributed by atoms with Gasteiger partial charge in [-0.05, 0) is 35.9 Å². The lowest BCUT2D eigenvalue weighted by Gasteiger charge is -2.09. The van der Waals surface area contributed by atoms with Crippen LogP contribution in [0.4, 0.5) is 5.69 Å². The first-order chi connectivity index (χ1) is 9.10. The molecule has 2 rings (SSSR count). The monoisotopic (exact) mass is 292 g/mol. The molecule has 0 radical (unpaired) electrons. The highest BCUT2D eigenvalue weighted by atomic mass is 35.5. The molecule has 0 atom stereocenters. The Balaban J connectivity index is 2.10. The third-order valence-corrected chi connectivity index (χ3v) is 3.21. The molecule has 0 aliphatic rings. The summed E-state index contributed by atoms with van der Waals surface area (Å²) in [6.45, 7) is 0.519. The normalized spacial score (nSPS) is 9.95. The molecule has 3 nitrogen and oxygen atoms in total. The standard InChI is InChI=1S/C14H10Cl2N2O/c15-11-5-9(7-17)1-3-13(11)18-8-10-2-4-14(19)12(16)6-10/h1-6,18-19H,8H2. The van der Waals surface area contributed by atoms with Crippen molar-refractivity contribution in [2.75, 3.05) is 5.32 Å². The maximum Gasteiger partial charge on any atom is 0.134 e. The van der Waals surface area contributed by atoms with Gasteiger partial charge in [-0.3, -0.25) is 0 Å². The van der Waals surface area contributed by atoms with Gasteiger partial charge < -0.3 is 10.4 Å². The van der Waals surface area contributed by atoms with Crippen LogP contribution in [0.1, 0.15) is 11.1 Å². The van der Waals surface area contributed by atoms with Crippen LogP contribution in [-0.2, 0) is 6.54 Å². The first kappa shape index (κ1) is 13.5. The summed E-state index contributed by atoms with van der Waals surface area (Å²) in [6, 6.07) is 12.1. The van der Waals surface area contributed by atoms with Gasteiger partial charge in [0.05, 0.1) is 27.4 Å². The van der Waals surface area contributed by atoms with Crippen molar-refractivity contribution in [3.8, 4) is 11.8 Å². The number of rotatable bonds is 3. The van der Waals surface area contributed by atoms with E-state index in [-0.39, 0.29) is 5.75 Å². The average Bonchev–Trinajstić information content (AvgIpc) is 2.41. The number of benzene rings is 2. The second-order valence-corrected chi connectivity index (χ2v) is 4.76. The van der Waals surface area contributed by atoms with Crippen LogP contribution in [0, 0.1) is 11.3 Å². The first-order valence-corrected chi connectivity index (χ1v) is 6.26. The minimum absolute atomic E-state index is 0.0572. The van der Waals surface area contributed by atoms with E-state index in [9.17, 15) is 5.11 Å². The van der Waals surface area contributed by atoms with E-state index < -0.39 is 0 Å². The van der Waals surface area contributed by atoms with Crippen LogP contribution in [0.3, 0.4) is 0 Å². The number of hydrogen-bond donors (Lipinski definition) is 2. The Morgan fingerprint density at radius 2 is 1.89 bits per heavy atom. The molecule has 0 aromatic heterocycles. The molecule has 19 heavy (non-hydrogen) atoms. The van der Waals surface area contributed by atoms with E-state index >= 15 is 0 Å². The Bertz CT molecular complexity index is 650. The summed E-state index contributed by atoms with van der Waals surface area (Å²) in [6.07, 6.45) is 0. The number of aromatic hydroxyl groups is 1. The number of nitriles is 1. The van der Waals surface area contributed by atoms with E-state index in [0.717, 1.165) is 11.3 Å². The predicted molar refractivity (Wildman–Crippen MR) is 76.6 cm³/mol. The van der Waals surface area contributed by atoms with Crippen LogP contribution in [0.2, 0.25) is 10.0 Å². The molecule has 96 valence electrons. The molecule has 0 aliphatic carbocycles. The van der Waals surface area contributed by atoms with Crippen molar-refractivity contribution in [1.82, 2.24) is 0 Å². The summed E-state index contributed by atoms with van der Waals surface area (Å²) in [5.41, 5.74) is 2.18. The topological polar surface area (TPSA) is 56.0 Å². The zero-order chi connectivity index (χ0) is 13.8. The van der Waals surface area contributed by atoms with E-state index in [4.69, 9.17) is 28.5 Å². The van der Waals surface area contributed by atoms with E-state index in [0.29, 0.717) is 22.2 Å². The fraction of sp³-hybridized carbons (Fsp3) is 0.0714. The fourth-order valence-corrected chi connectivity index (χ4v) is 2.04. The van der Waals surface area contributed by atoms with Crippen molar-refractivity contribution in [2.45, 2.75) is 6.54 Å². The zero-order valence-corrected chi connectivity index (χ0v) is 11.3. The smallest absolute Gasteiger partial charge is 0.134 e. The maximum absolute atomic E-state index is 9.33. The average molecular weight is 293 g/mol. The van der Waals surface area contributed by atoms with Crippen molar-refractivity contribution in [3.05, 3.63) is 57.6 Å². The van der Waals surface area contributed by atoms with Crippen LogP contribution in [0.5, 0.6) is 5.75 Å². The molecule has 0 unspecified atom stereocenters. The number of phenolic OH excluding ortho intramolecular Hbond substituents is 1. The van der Waals surface area contributed by atoms with Crippen molar-refractivity contribution < 1.29 is 5.11 Å². The molecule has 0 amide bonds. The van der Waals surface area contributed by atoms with Crippen LogP contribution in [-0.4, -0.2) is 5.11 Å². The van der Waals surface area contributed by atoms with Gasteiger partial charge in [0, 0.05) is 6.54 Å². The fourth-order valence-electron chi connectivity index (χ4n) is 1.59. The molecule has 0 heterocycles. The minimum atomic E-state index is 0.0572. The summed E-state index contributed by atoms with van der Waals surface area (Å²) in [4.78, 5) is 0. The summed E-state index contributed by atoms with van der Waals surface area (Å²) in [7, 11) is 0. The highest BCUT2D eigenvalue weighted by Gasteiger charge is 2.03. The second kappa shape index (κ2) is 5.83. The SMILES string of the molecule is N#Cc1ccc(NCc2ccc(O)c(Cl)c2)c(Cl)c1. The molecule has 5 heteroatoms.